The van der Waals surface area contributed by atoms with E-state index in [1.54, 1.807) is 10.6 Å². The number of carbonyl (C=O) groups excluding carboxylic acids is 1. The lowest BCUT2D eigenvalue weighted by molar-refractivity contribution is 0.0746. The Labute approximate surface area is 187 Å². The summed E-state index contributed by atoms with van der Waals surface area (Å²) in [5.41, 5.74) is 4.31. The predicted molar refractivity (Wildman–Crippen MR) is 125 cm³/mol. The van der Waals surface area contributed by atoms with Gasteiger partial charge < -0.3 is 4.90 Å². The van der Waals surface area contributed by atoms with Gasteiger partial charge in [0.15, 0.2) is 5.65 Å². The number of hydrogen-bond acceptors (Lipinski definition) is 3. The lowest BCUT2D eigenvalue weighted by Gasteiger charge is -2.22. The second-order valence-corrected chi connectivity index (χ2v) is 7.87. The smallest absolute Gasteiger partial charge is 0.272 e. The fourth-order valence-corrected chi connectivity index (χ4v) is 3.93. The van der Waals surface area contributed by atoms with Crippen LogP contribution in [0.4, 0.5) is 0 Å². The van der Waals surface area contributed by atoms with Crippen molar-refractivity contribution in [2.45, 2.75) is 26.7 Å². The van der Waals surface area contributed by atoms with Crippen molar-refractivity contribution in [2.24, 2.45) is 0 Å². The molecule has 0 saturated carbocycles. The number of hydrogen-bond donors (Lipinski definition) is 0. The van der Waals surface area contributed by atoms with Crippen LogP contribution in [0.3, 0.4) is 0 Å². The predicted octanol–water partition coefficient (Wildman–Crippen LogP) is 5.98. The monoisotopic (exact) mass is 432 g/mol. The van der Waals surface area contributed by atoms with Crippen LogP contribution in [0, 0.1) is 0 Å². The van der Waals surface area contributed by atoms with Gasteiger partial charge in [-0.25, -0.2) is 9.50 Å². The topological polar surface area (TPSA) is 50.5 Å². The van der Waals surface area contributed by atoms with Crippen molar-refractivity contribution in [3.63, 3.8) is 0 Å². The number of fused-ring (bicyclic) bond motifs is 1. The maximum absolute atomic E-state index is 13.6. The molecule has 0 atom stereocenters. The molecule has 0 bridgehead atoms. The van der Waals surface area contributed by atoms with Crippen LogP contribution in [0.1, 0.15) is 37.2 Å². The first kappa shape index (κ1) is 21.1. The molecular weight excluding hydrogens is 408 g/mol. The molecule has 2 aromatic heterocycles. The van der Waals surface area contributed by atoms with Crippen molar-refractivity contribution in [3.8, 4) is 22.5 Å². The Hall–Kier alpha value is -3.18. The first-order valence-corrected chi connectivity index (χ1v) is 11.0. The van der Waals surface area contributed by atoms with Gasteiger partial charge in [0.1, 0.15) is 5.69 Å². The Kier molecular flexibility index (Phi) is 6.33. The van der Waals surface area contributed by atoms with Crippen LogP contribution in [0.2, 0.25) is 5.02 Å². The quantitative estimate of drug-likeness (QED) is 0.361. The van der Waals surface area contributed by atoms with Crippen molar-refractivity contribution in [1.29, 1.82) is 0 Å². The molecule has 4 aromatic rings. The SMILES string of the molecule is CCCN(CCC)C(=O)c1cc(-c2ccccc2Cl)nc2cc(-c3ccccc3)nn12. The molecule has 4 rings (SSSR count). The molecule has 0 aliphatic carbocycles. The number of carbonyl (C=O) groups is 1. The molecule has 2 aromatic carbocycles. The van der Waals surface area contributed by atoms with Gasteiger partial charge in [-0.15, -0.1) is 0 Å². The Morgan fingerprint density at radius 1 is 0.935 bits per heavy atom. The van der Waals surface area contributed by atoms with Gasteiger partial charge in [0, 0.05) is 35.3 Å². The van der Waals surface area contributed by atoms with Crippen LogP contribution in [-0.4, -0.2) is 38.5 Å². The number of nitrogens with zero attached hydrogens (tertiary/aromatic N) is 4. The van der Waals surface area contributed by atoms with Crippen LogP contribution < -0.4 is 0 Å². The highest BCUT2D eigenvalue weighted by Crippen LogP contribution is 2.29. The molecule has 0 unspecified atom stereocenters. The summed E-state index contributed by atoms with van der Waals surface area (Å²) >= 11 is 6.45. The van der Waals surface area contributed by atoms with Gasteiger partial charge in [-0.05, 0) is 25.0 Å². The van der Waals surface area contributed by atoms with E-state index in [9.17, 15) is 4.79 Å². The molecule has 0 spiro atoms. The summed E-state index contributed by atoms with van der Waals surface area (Å²) in [6.45, 7) is 5.55. The van der Waals surface area contributed by atoms with Crippen LogP contribution >= 0.6 is 11.6 Å². The minimum absolute atomic E-state index is 0.0490. The van der Waals surface area contributed by atoms with Crippen molar-refractivity contribution in [3.05, 3.63) is 77.4 Å². The fourth-order valence-electron chi connectivity index (χ4n) is 3.70. The van der Waals surface area contributed by atoms with E-state index in [-0.39, 0.29) is 5.91 Å². The Balaban J connectivity index is 1.91. The van der Waals surface area contributed by atoms with E-state index in [0.29, 0.717) is 35.1 Å². The van der Waals surface area contributed by atoms with Gasteiger partial charge in [-0.2, -0.15) is 5.10 Å². The number of amides is 1. The maximum atomic E-state index is 13.6. The molecular formula is C25H25ClN4O. The van der Waals surface area contributed by atoms with E-state index in [1.807, 2.05) is 65.6 Å². The summed E-state index contributed by atoms with van der Waals surface area (Å²) in [7, 11) is 0. The molecule has 0 aliphatic rings. The van der Waals surface area contributed by atoms with E-state index >= 15 is 0 Å². The Bertz CT molecular complexity index is 1200. The van der Waals surface area contributed by atoms with Crippen molar-refractivity contribution >= 4 is 23.2 Å². The lowest BCUT2D eigenvalue weighted by Crippen LogP contribution is -2.34. The van der Waals surface area contributed by atoms with E-state index in [2.05, 4.69) is 13.8 Å². The molecule has 0 aliphatic heterocycles. The average molecular weight is 433 g/mol. The summed E-state index contributed by atoms with van der Waals surface area (Å²) in [6.07, 6.45) is 1.79. The third-order valence-corrected chi connectivity index (χ3v) is 5.47. The number of aromatic nitrogens is 3. The molecule has 0 radical (unpaired) electrons. The minimum Gasteiger partial charge on any atom is -0.337 e. The third-order valence-electron chi connectivity index (χ3n) is 5.14. The highest BCUT2D eigenvalue weighted by Gasteiger charge is 2.22. The van der Waals surface area contributed by atoms with Crippen LogP contribution in [0.25, 0.3) is 28.2 Å². The van der Waals surface area contributed by atoms with E-state index < -0.39 is 0 Å². The van der Waals surface area contributed by atoms with Crippen molar-refractivity contribution in [1.82, 2.24) is 19.5 Å². The highest BCUT2D eigenvalue weighted by molar-refractivity contribution is 6.33. The number of benzene rings is 2. The zero-order chi connectivity index (χ0) is 21.8. The summed E-state index contributed by atoms with van der Waals surface area (Å²) < 4.78 is 1.66. The largest absolute Gasteiger partial charge is 0.337 e. The van der Waals surface area contributed by atoms with Gasteiger partial charge in [0.2, 0.25) is 0 Å². The lowest BCUT2D eigenvalue weighted by atomic mass is 10.1. The molecule has 158 valence electrons. The molecule has 31 heavy (non-hydrogen) atoms. The molecule has 1 amide bonds. The molecule has 6 heteroatoms. The van der Waals surface area contributed by atoms with E-state index in [4.69, 9.17) is 21.7 Å². The van der Waals surface area contributed by atoms with Crippen LogP contribution in [-0.2, 0) is 0 Å². The van der Waals surface area contributed by atoms with Gasteiger partial charge >= 0.3 is 0 Å². The zero-order valence-corrected chi connectivity index (χ0v) is 18.5. The first-order valence-electron chi connectivity index (χ1n) is 10.6. The first-order chi connectivity index (χ1) is 15.1. The van der Waals surface area contributed by atoms with Crippen LogP contribution in [0.15, 0.2) is 66.7 Å². The second-order valence-electron chi connectivity index (χ2n) is 7.46. The molecule has 0 saturated heterocycles. The third kappa shape index (κ3) is 4.32. The standard InChI is InChI=1S/C25H25ClN4O/c1-3-14-29(15-4-2)25(31)23-16-22(19-12-8-9-13-20(19)26)27-24-17-21(28-30(23)24)18-10-6-5-7-11-18/h5-13,16-17H,3-4,14-15H2,1-2H3. The molecule has 5 nitrogen and oxygen atoms in total. The average Bonchev–Trinajstić information content (AvgIpc) is 3.23. The van der Waals surface area contributed by atoms with Gasteiger partial charge in [-0.1, -0.05) is 74.0 Å². The summed E-state index contributed by atoms with van der Waals surface area (Å²) in [6, 6.07) is 21.2. The Morgan fingerprint density at radius 3 is 2.29 bits per heavy atom. The molecule has 0 fully saturated rings. The zero-order valence-electron chi connectivity index (χ0n) is 17.8. The number of rotatable bonds is 7. The minimum atomic E-state index is -0.0490. The van der Waals surface area contributed by atoms with Gasteiger partial charge in [-0.3, -0.25) is 4.79 Å². The normalized spacial score (nSPS) is 11.1. The molecule has 0 N–H and O–H groups in total. The molecule has 2 heterocycles. The van der Waals surface area contributed by atoms with Gasteiger partial charge in [0.25, 0.3) is 5.91 Å². The van der Waals surface area contributed by atoms with Crippen molar-refractivity contribution in [2.75, 3.05) is 13.1 Å². The highest BCUT2D eigenvalue weighted by atomic mass is 35.5. The number of halogens is 1. The van der Waals surface area contributed by atoms with E-state index in [0.717, 1.165) is 29.7 Å². The summed E-state index contributed by atoms with van der Waals surface area (Å²) in [4.78, 5) is 20.2. The van der Waals surface area contributed by atoms with Crippen molar-refractivity contribution < 1.29 is 4.79 Å². The Morgan fingerprint density at radius 2 is 1.61 bits per heavy atom. The maximum Gasteiger partial charge on any atom is 0.272 e. The summed E-state index contributed by atoms with van der Waals surface area (Å²) in [5.74, 6) is -0.0490. The summed E-state index contributed by atoms with van der Waals surface area (Å²) in [5, 5.41) is 5.33. The van der Waals surface area contributed by atoms with Crippen LogP contribution in [0.5, 0.6) is 0 Å². The van der Waals surface area contributed by atoms with E-state index in [1.165, 1.54) is 0 Å². The fraction of sp³-hybridized carbons (Fsp3) is 0.240. The second kappa shape index (κ2) is 9.31. The van der Waals surface area contributed by atoms with Gasteiger partial charge in [0.05, 0.1) is 11.4 Å².